The van der Waals surface area contributed by atoms with Gasteiger partial charge in [0.1, 0.15) is 11.8 Å². The van der Waals surface area contributed by atoms with Crippen LogP contribution in [-0.2, 0) is 17.8 Å². The van der Waals surface area contributed by atoms with Crippen molar-refractivity contribution in [3.05, 3.63) is 94.0 Å². The average Bonchev–Trinajstić information content (AvgIpc) is 3.11. The molecule has 1 N–H and O–H groups in total. The molecule has 3 aromatic carbocycles. The number of rotatable bonds is 6. The molecule has 0 radical (unpaired) electrons. The smallest absolute Gasteiger partial charge is 0.255 e. The van der Waals surface area contributed by atoms with Crippen LogP contribution in [0.15, 0.2) is 66.7 Å². The molecule has 6 heteroatoms. The first-order valence-corrected chi connectivity index (χ1v) is 10.4. The van der Waals surface area contributed by atoms with Crippen LogP contribution in [0.2, 0.25) is 5.02 Å². The van der Waals surface area contributed by atoms with Crippen LogP contribution in [0, 0.1) is 6.92 Å². The Balaban J connectivity index is 1.66. The summed E-state index contributed by atoms with van der Waals surface area (Å²) in [5, 5.41) is 3.51. The highest BCUT2D eigenvalue weighted by molar-refractivity contribution is 6.31. The van der Waals surface area contributed by atoms with E-state index in [1.165, 1.54) is 7.11 Å². The van der Waals surface area contributed by atoms with Gasteiger partial charge in [-0.1, -0.05) is 60.1 Å². The molecule has 1 unspecified atom stereocenters. The zero-order valence-electron chi connectivity index (χ0n) is 17.4. The number of aryl methyl sites for hydroxylation is 1. The second-order valence-corrected chi connectivity index (χ2v) is 7.99. The van der Waals surface area contributed by atoms with E-state index in [1.807, 2.05) is 55.5 Å². The van der Waals surface area contributed by atoms with Crippen LogP contribution in [0.5, 0.6) is 5.75 Å². The third-order valence-electron chi connectivity index (χ3n) is 5.54. The van der Waals surface area contributed by atoms with Gasteiger partial charge in [0.05, 0.1) is 12.8 Å². The lowest BCUT2D eigenvalue weighted by Gasteiger charge is -2.27. The normalized spacial score (nSPS) is 13.6. The molecule has 1 aliphatic rings. The van der Waals surface area contributed by atoms with Gasteiger partial charge in [-0.3, -0.25) is 9.59 Å². The summed E-state index contributed by atoms with van der Waals surface area (Å²) in [5.74, 6) is 0.0643. The number of fused-ring (bicyclic) bond motifs is 1. The molecule has 0 aromatic heterocycles. The van der Waals surface area contributed by atoms with E-state index in [4.69, 9.17) is 16.3 Å². The van der Waals surface area contributed by atoms with E-state index in [9.17, 15) is 9.59 Å². The van der Waals surface area contributed by atoms with Crippen molar-refractivity contribution in [1.82, 2.24) is 4.90 Å². The third kappa shape index (κ3) is 4.28. The molecule has 1 heterocycles. The maximum atomic E-state index is 13.5. The van der Waals surface area contributed by atoms with Crippen molar-refractivity contribution in [3.63, 3.8) is 0 Å². The van der Waals surface area contributed by atoms with Gasteiger partial charge in [0.15, 0.2) is 0 Å². The third-order valence-corrected chi connectivity index (χ3v) is 5.95. The van der Waals surface area contributed by atoms with E-state index < -0.39 is 6.04 Å². The molecule has 1 atom stereocenters. The minimum Gasteiger partial charge on any atom is -0.495 e. The molecular formula is C25H23ClN2O3. The van der Waals surface area contributed by atoms with Crippen molar-refractivity contribution in [3.8, 4) is 5.75 Å². The first-order chi connectivity index (χ1) is 15.0. The fourth-order valence-corrected chi connectivity index (χ4v) is 4.01. The van der Waals surface area contributed by atoms with Crippen molar-refractivity contribution in [1.29, 1.82) is 0 Å². The van der Waals surface area contributed by atoms with Gasteiger partial charge in [-0.25, -0.2) is 0 Å². The summed E-state index contributed by atoms with van der Waals surface area (Å²) >= 11 is 6.20. The second-order valence-electron chi connectivity index (χ2n) is 7.59. The Morgan fingerprint density at radius 2 is 1.84 bits per heavy atom. The maximum Gasteiger partial charge on any atom is 0.255 e. The van der Waals surface area contributed by atoms with E-state index in [2.05, 4.69) is 5.32 Å². The summed E-state index contributed by atoms with van der Waals surface area (Å²) < 4.78 is 5.40. The van der Waals surface area contributed by atoms with Crippen LogP contribution in [0.25, 0.3) is 0 Å². The maximum absolute atomic E-state index is 13.5. The summed E-state index contributed by atoms with van der Waals surface area (Å²) in [6, 6.07) is 20.0. The van der Waals surface area contributed by atoms with Crippen LogP contribution in [0.1, 0.15) is 27.0 Å². The van der Waals surface area contributed by atoms with Crippen LogP contribution in [0.3, 0.4) is 0 Å². The van der Waals surface area contributed by atoms with Gasteiger partial charge < -0.3 is 15.0 Å². The fourth-order valence-electron chi connectivity index (χ4n) is 3.86. The Kier molecular flexibility index (Phi) is 5.96. The van der Waals surface area contributed by atoms with Gasteiger partial charge in [0.2, 0.25) is 5.91 Å². The number of hydrogen-bond acceptors (Lipinski definition) is 3. The van der Waals surface area contributed by atoms with Crippen molar-refractivity contribution >= 4 is 29.1 Å². The van der Waals surface area contributed by atoms with E-state index in [-0.39, 0.29) is 11.8 Å². The quantitative estimate of drug-likeness (QED) is 0.602. The minimum absolute atomic E-state index is 0.133. The highest BCUT2D eigenvalue weighted by atomic mass is 35.5. The molecule has 4 rings (SSSR count). The SMILES string of the molecule is COc1cc(Cl)c(C)cc1NC(=O)C(Cc1ccccc1)N1Cc2ccccc2C1=O. The highest BCUT2D eigenvalue weighted by Crippen LogP contribution is 2.32. The number of hydrogen-bond donors (Lipinski definition) is 1. The van der Waals surface area contributed by atoms with Gasteiger partial charge in [0.25, 0.3) is 5.91 Å². The zero-order valence-corrected chi connectivity index (χ0v) is 18.1. The van der Waals surface area contributed by atoms with E-state index in [1.54, 1.807) is 23.1 Å². The Morgan fingerprint density at radius 3 is 2.55 bits per heavy atom. The molecule has 0 saturated heterocycles. The van der Waals surface area contributed by atoms with Crippen LogP contribution >= 0.6 is 11.6 Å². The molecule has 0 spiro atoms. The number of benzene rings is 3. The van der Waals surface area contributed by atoms with Crippen LogP contribution in [0.4, 0.5) is 5.69 Å². The molecule has 158 valence electrons. The predicted octanol–water partition coefficient (Wildman–Crippen LogP) is 4.86. The Hall–Kier alpha value is -3.31. The number of amides is 2. The van der Waals surface area contributed by atoms with Gasteiger partial charge in [-0.15, -0.1) is 0 Å². The van der Waals surface area contributed by atoms with E-state index in [0.717, 1.165) is 16.7 Å². The molecule has 0 bridgehead atoms. The number of halogens is 1. The van der Waals surface area contributed by atoms with Gasteiger partial charge in [-0.2, -0.15) is 0 Å². The van der Waals surface area contributed by atoms with Crippen molar-refractivity contribution in [2.45, 2.75) is 25.9 Å². The Morgan fingerprint density at radius 1 is 1.13 bits per heavy atom. The predicted molar refractivity (Wildman–Crippen MR) is 122 cm³/mol. The molecule has 0 aliphatic carbocycles. The minimum atomic E-state index is -0.678. The van der Waals surface area contributed by atoms with Crippen LogP contribution in [-0.4, -0.2) is 29.9 Å². The van der Waals surface area contributed by atoms with Crippen LogP contribution < -0.4 is 10.1 Å². The molecule has 1 aliphatic heterocycles. The number of carbonyl (C=O) groups excluding carboxylic acids is 2. The van der Waals surface area contributed by atoms with Crippen molar-refractivity contribution in [2.75, 3.05) is 12.4 Å². The van der Waals surface area contributed by atoms with E-state index >= 15 is 0 Å². The number of carbonyl (C=O) groups is 2. The average molecular weight is 435 g/mol. The fraction of sp³-hybridized carbons (Fsp3) is 0.200. The largest absolute Gasteiger partial charge is 0.495 e. The molecule has 3 aromatic rings. The molecule has 2 amide bonds. The number of methoxy groups -OCH3 is 1. The van der Waals surface area contributed by atoms with Crippen molar-refractivity contribution in [2.24, 2.45) is 0 Å². The number of anilines is 1. The van der Waals surface area contributed by atoms with E-state index in [0.29, 0.717) is 35.0 Å². The topological polar surface area (TPSA) is 58.6 Å². The molecule has 5 nitrogen and oxygen atoms in total. The van der Waals surface area contributed by atoms with Gasteiger partial charge >= 0.3 is 0 Å². The molecule has 31 heavy (non-hydrogen) atoms. The summed E-state index contributed by atoms with van der Waals surface area (Å²) in [6.45, 7) is 2.26. The monoisotopic (exact) mass is 434 g/mol. The van der Waals surface area contributed by atoms with Gasteiger partial charge in [0, 0.05) is 29.6 Å². The van der Waals surface area contributed by atoms with Gasteiger partial charge in [-0.05, 0) is 35.7 Å². The van der Waals surface area contributed by atoms with Crippen molar-refractivity contribution < 1.29 is 14.3 Å². The number of nitrogens with one attached hydrogen (secondary N) is 1. The summed E-state index contributed by atoms with van der Waals surface area (Å²) in [6.07, 6.45) is 0.404. The summed E-state index contributed by atoms with van der Waals surface area (Å²) in [5.41, 5.74) is 3.90. The molecule has 0 saturated carbocycles. The first kappa shape index (κ1) is 20.9. The first-order valence-electron chi connectivity index (χ1n) is 10.1. The molecular weight excluding hydrogens is 412 g/mol. The zero-order chi connectivity index (χ0) is 22.0. The second kappa shape index (κ2) is 8.82. The lowest BCUT2D eigenvalue weighted by molar-refractivity contribution is -0.120. The lowest BCUT2D eigenvalue weighted by atomic mass is 10.0. The Labute approximate surface area is 186 Å². The lowest BCUT2D eigenvalue weighted by Crippen LogP contribution is -2.45. The summed E-state index contributed by atoms with van der Waals surface area (Å²) in [7, 11) is 1.53. The number of ether oxygens (including phenoxy) is 1. The Bertz CT molecular complexity index is 1130. The summed E-state index contributed by atoms with van der Waals surface area (Å²) in [4.78, 5) is 28.2. The standard InChI is InChI=1S/C25H23ClN2O3/c1-16-12-21(23(31-2)14-20(16)26)27-24(29)22(13-17-8-4-3-5-9-17)28-15-18-10-6-7-11-19(18)25(28)30/h3-12,14,22H,13,15H2,1-2H3,(H,27,29). The highest BCUT2D eigenvalue weighted by Gasteiger charge is 2.36. The number of nitrogens with zero attached hydrogens (tertiary/aromatic N) is 1. The molecule has 0 fully saturated rings.